The molecule has 6 nitrogen and oxygen atoms in total. The summed E-state index contributed by atoms with van der Waals surface area (Å²) in [4.78, 5) is 18.6. The lowest BCUT2D eigenvalue weighted by Crippen LogP contribution is -2.46. The number of hydrogen-bond acceptors (Lipinski definition) is 4. The molecule has 20 heavy (non-hydrogen) atoms. The molecule has 1 aliphatic carbocycles. The summed E-state index contributed by atoms with van der Waals surface area (Å²) in [6, 6.07) is 0.210. The fourth-order valence-corrected chi connectivity index (χ4v) is 2.91. The van der Waals surface area contributed by atoms with Crippen LogP contribution in [-0.2, 0) is 0 Å². The van der Waals surface area contributed by atoms with Crippen molar-refractivity contribution in [2.24, 2.45) is 11.7 Å². The SMILES string of the molecule is CC(C)c1nc(C(=O)N(C)C2CCCCC2CN)n[nH]1. The van der Waals surface area contributed by atoms with Crippen LogP contribution in [0.4, 0.5) is 0 Å². The van der Waals surface area contributed by atoms with Gasteiger partial charge in [0.25, 0.3) is 5.91 Å². The number of aromatic nitrogens is 3. The Hall–Kier alpha value is -1.43. The highest BCUT2D eigenvalue weighted by atomic mass is 16.2. The normalized spacial score (nSPS) is 23.1. The lowest BCUT2D eigenvalue weighted by molar-refractivity contribution is 0.0608. The summed E-state index contributed by atoms with van der Waals surface area (Å²) >= 11 is 0. The van der Waals surface area contributed by atoms with E-state index < -0.39 is 0 Å². The zero-order valence-electron chi connectivity index (χ0n) is 12.6. The number of carbonyl (C=O) groups is 1. The van der Waals surface area contributed by atoms with Crippen molar-refractivity contribution in [3.05, 3.63) is 11.6 Å². The Balaban J connectivity index is 2.10. The minimum atomic E-state index is -0.113. The highest BCUT2D eigenvalue weighted by Crippen LogP contribution is 2.27. The maximum absolute atomic E-state index is 12.5. The third kappa shape index (κ3) is 3.00. The Morgan fingerprint density at radius 3 is 2.75 bits per heavy atom. The zero-order valence-corrected chi connectivity index (χ0v) is 12.6. The molecular weight excluding hydrogens is 254 g/mol. The van der Waals surface area contributed by atoms with Gasteiger partial charge >= 0.3 is 0 Å². The van der Waals surface area contributed by atoms with Crippen LogP contribution in [0.1, 0.15) is 61.9 Å². The molecule has 1 saturated carbocycles. The van der Waals surface area contributed by atoms with Gasteiger partial charge in [-0.2, -0.15) is 0 Å². The summed E-state index contributed by atoms with van der Waals surface area (Å²) in [5, 5.41) is 6.88. The van der Waals surface area contributed by atoms with Crippen LogP contribution in [0.2, 0.25) is 0 Å². The van der Waals surface area contributed by atoms with Crippen molar-refractivity contribution in [2.45, 2.75) is 51.5 Å². The number of aromatic amines is 1. The van der Waals surface area contributed by atoms with E-state index in [1.54, 1.807) is 4.90 Å². The maximum atomic E-state index is 12.5. The second-order valence-corrected chi connectivity index (χ2v) is 5.96. The zero-order chi connectivity index (χ0) is 14.7. The monoisotopic (exact) mass is 279 g/mol. The Kier molecular flexibility index (Phi) is 4.75. The average molecular weight is 279 g/mol. The molecule has 0 bridgehead atoms. The summed E-state index contributed by atoms with van der Waals surface area (Å²) < 4.78 is 0. The summed E-state index contributed by atoms with van der Waals surface area (Å²) in [5.41, 5.74) is 5.84. The third-order valence-corrected chi connectivity index (χ3v) is 4.23. The van der Waals surface area contributed by atoms with Gasteiger partial charge in [0.2, 0.25) is 5.82 Å². The first kappa shape index (κ1) is 15.0. The molecule has 112 valence electrons. The van der Waals surface area contributed by atoms with Crippen molar-refractivity contribution in [1.29, 1.82) is 0 Å². The first-order valence-electron chi connectivity index (χ1n) is 7.44. The van der Waals surface area contributed by atoms with Gasteiger partial charge in [-0.1, -0.05) is 26.7 Å². The van der Waals surface area contributed by atoms with Gasteiger partial charge in [-0.25, -0.2) is 4.98 Å². The molecule has 0 saturated heterocycles. The van der Waals surface area contributed by atoms with Gasteiger partial charge in [-0.05, 0) is 25.3 Å². The average Bonchev–Trinajstić information content (AvgIpc) is 2.95. The Bertz CT molecular complexity index is 456. The Morgan fingerprint density at radius 1 is 1.45 bits per heavy atom. The van der Waals surface area contributed by atoms with E-state index in [0.29, 0.717) is 12.5 Å². The number of nitrogens with one attached hydrogen (secondary N) is 1. The Morgan fingerprint density at radius 2 is 2.15 bits per heavy atom. The fourth-order valence-electron chi connectivity index (χ4n) is 2.91. The summed E-state index contributed by atoms with van der Waals surface area (Å²) in [6.07, 6.45) is 4.48. The van der Waals surface area contributed by atoms with E-state index >= 15 is 0 Å². The maximum Gasteiger partial charge on any atom is 0.293 e. The van der Waals surface area contributed by atoms with Crippen molar-refractivity contribution >= 4 is 5.91 Å². The van der Waals surface area contributed by atoms with Crippen LogP contribution >= 0.6 is 0 Å². The van der Waals surface area contributed by atoms with Gasteiger partial charge in [0, 0.05) is 19.0 Å². The first-order valence-corrected chi connectivity index (χ1v) is 7.44. The molecular formula is C14H25N5O. The number of nitrogens with two attached hydrogens (primary N) is 1. The number of hydrogen-bond donors (Lipinski definition) is 2. The molecule has 0 aliphatic heterocycles. The largest absolute Gasteiger partial charge is 0.336 e. The molecule has 1 fully saturated rings. The van der Waals surface area contributed by atoms with E-state index in [-0.39, 0.29) is 23.7 Å². The molecule has 1 heterocycles. The molecule has 1 aromatic heterocycles. The van der Waals surface area contributed by atoms with Gasteiger partial charge < -0.3 is 10.6 Å². The summed E-state index contributed by atoms with van der Waals surface area (Å²) in [7, 11) is 1.84. The van der Waals surface area contributed by atoms with Crippen LogP contribution in [0.5, 0.6) is 0 Å². The quantitative estimate of drug-likeness (QED) is 0.874. The first-order chi connectivity index (χ1) is 9.54. The van der Waals surface area contributed by atoms with E-state index in [2.05, 4.69) is 15.2 Å². The van der Waals surface area contributed by atoms with Crippen LogP contribution in [0.3, 0.4) is 0 Å². The number of H-pyrrole nitrogens is 1. The molecule has 1 amide bonds. The molecule has 2 unspecified atom stereocenters. The lowest BCUT2D eigenvalue weighted by atomic mass is 9.83. The molecule has 1 aliphatic rings. The molecule has 0 aromatic carbocycles. The van der Waals surface area contributed by atoms with Crippen LogP contribution in [0, 0.1) is 5.92 Å². The summed E-state index contributed by atoms with van der Waals surface area (Å²) in [6.45, 7) is 4.67. The van der Waals surface area contributed by atoms with E-state index in [4.69, 9.17) is 5.73 Å². The third-order valence-electron chi connectivity index (χ3n) is 4.23. The van der Waals surface area contributed by atoms with Crippen LogP contribution in [-0.4, -0.2) is 45.6 Å². The van der Waals surface area contributed by atoms with Crippen LogP contribution in [0.25, 0.3) is 0 Å². The predicted octanol–water partition coefficient (Wildman–Crippen LogP) is 1.52. The van der Waals surface area contributed by atoms with E-state index in [1.165, 1.54) is 6.42 Å². The molecule has 2 rings (SSSR count). The highest BCUT2D eigenvalue weighted by Gasteiger charge is 2.31. The molecule has 2 atom stereocenters. The van der Waals surface area contributed by atoms with Crippen molar-refractivity contribution in [1.82, 2.24) is 20.1 Å². The summed E-state index contributed by atoms with van der Waals surface area (Å²) in [5.74, 6) is 1.53. The molecule has 1 aromatic rings. The number of amides is 1. The van der Waals surface area contributed by atoms with Gasteiger partial charge in [0.1, 0.15) is 5.82 Å². The molecule has 3 N–H and O–H groups in total. The van der Waals surface area contributed by atoms with Crippen molar-refractivity contribution in [3.8, 4) is 0 Å². The fraction of sp³-hybridized carbons (Fsp3) is 0.786. The van der Waals surface area contributed by atoms with E-state index in [1.807, 2.05) is 20.9 Å². The van der Waals surface area contributed by atoms with E-state index in [0.717, 1.165) is 25.1 Å². The minimum Gasteiger partial charge on any atom is -0.336 e. The molecule has 6 heteroatoms. The molecule has 0 spiro atoms. The van der Waals surface area contributed by atoms with E-state index in [9.17, 15) is 4.79 Å². The topological polar surface area (TPSA) is 87.9 Å². The Labute approximate surface area is 120 Å². The van der Waals surface area contributed by atoms with Gasteiger partial charge in [0.05, 0.1) is 0 Å². The second-order valence-electron chi connectivity index (χ2n) is 5.96. The van der Waals surface area contributed by atoms with Gasteiger partial charge in [-0.3, -0.25) is 9.89 Å². The van der Waals surface area contributed by atoms with Crippen LogP contribution < -0.4 is 5.73 Å². The smallest absolute Gasteiger partial charge is 0.293 e. The lowest BCUT2D eigenvalue weighted by Gasteiger charge is -2.37. The number of nitrogens with zero attached hydrogens (tertiary/aromatic N) is 3. The molecule has 0 radical (unpaired) electrons. The minimum absolute atomic E-state index is 0.113. The highest BCUT2D eigenvalue weighted by molar-refractivity contribution is 5.90. The standard InChI is InChI=1S/C14H25N5O/c1-9(2)12-16-13(18-17-12)14(20)19(3)11-7-5-4-6-10(11)8-15/h9-11H,4-8,15H2,1-3H3,(H,16,17,18). The van der Waals surface area contributed by atoms with Gasteiger partial charge in [-0.15, -0.1) is 5.10 Å². The van der Waals surface area contributed by atoms with Crippen molar-refractivity contribution in [3.63, 3.8) is 0 Å². The van der Waals surface area contributed by atoms with Crippen molar-refractivity contribution in [2.75, 3.05) is 13.6 Å². The number of rotatable bonds is 4. The van der Waals surface area contributed by atoms with Crippen LogP contribution in [0.15, 0.2) is 0 Å². The number of carbonyl (C=O) groups excluding carboxylic acids is 1. The predicted molar refractivity (Wildman–Crippen MR) is 77.4 cm³/mol. The second kappa shape index (κ2) is 6.35. The van der Waals surface area contributed by atoms with Crippen molar-refractivity contribution < 1.29 is 4.79 Å². The van der Waals surface area contributed by atoms with Gasteiger partial charge in [0.15, 0.2) is 0 Å².